The number of benzene rings is 8. The van der Waals surface area contributed by atoms with Gasteiger partial charge in [-0.1, -0.05) is 127 Å². The third-order valence-corrected chi connectivity index (χ3v) is 11.7. The van der Waals surface area contributed by atoms with Gasteiger partial charge in [-0.15, -0.1) is 0 Å². The van der Waals surface area contributed by atoms with Crippen LogP contribution in [-0.2, 0) is 0 Å². The van der Waals surface area contributed by atoms with Gasteiger partial charge in [0.25, 0.3) is 0 Å². The number of nitrogens with zero attached hydrogens (tertiary/aromatic N) is 4. The van der Waals surface area contributed by atoms with Crippen LogP contribution in [0.15, 0.2) is 170 Å². The highest BCUT2D eigenvalue weighted by molar-refractivity contribution is 6.34. The highest BCUT2D eigenvalue weighted by Gasteiger charge is 2.27. The zero-order valence-electron chi connectivity index (χ0n) is 28.5. The molecular weight excluding hydrogens is 645 g/mol. The Morgan fingerprint density at radius 1 is 0.377 bits per heavy atom. The fourth-order valence-corrected chi connectivity index (χ4v) is 9.58. The van der Waals surface area contributed by atoms with Gasteiger partial charge in [-0.05, 0) is 58.6 Å². The number of aromatic nitrogens is 3. The Labute approximate surface area is 302 Å². The Balaban J connectivity index is 1.26. The molecule has 0 N–H and O–H groups in total. The molecule has 4 heteroatoms. The van der Waals surface area contributed by atoms with E-state index >= 15 is 0 Å². The molecule has 0 unspecified atom stereocenters. The second-order valence-corrected chi connectivity index (χ2v) is 14.3. The van der Waals surface area contributed by atoms with Crippen molar-refractivity contribution in [3.63, 3.8) is 0 Å². The molecule has 13 aromatic rings. The SMILES string of the molecule is c1ccc(N(c2ccccc2)c2cccc3c4cccc5c6cc7c(nc6n(c23)c54)c2c3ccccc3cc3c4ccc5ccccc5c4n7c32)cc1. The van der Waals surface area contributed by atoms with E-state index in [-0.39, 0.29) is 0 Å². The minimum atomic E-state index is 0.986. The van der Waals surface area contributed by atoms with E-state index in [9.17, 15) is 0 Å². The van der Waals surface area contributed by atoms with Crippen molar-refractivity contribution in [3.05, 3.63) is 170 Å². The number of hydrogen-bond donors (Lipinski definition) is 0. The number of para-hydroxylation sites is 4. The first kappa shape index (κ1) is 27.5. The Morgan fingerprint density at radius 3 is 1.74 bits per heavy atom. The van der Waals surface area contributed by atoms with E-state index in [1.165, 1.54) is 75.8 Å². The van der Waals surface area contributed by atoms with E-state index in [2.05, 4.69) is 184 Å². The van der Waals surface area contributed by atoms with Crippen LogP contribution < -0.4 is 4.90 Å². The maximum atomic E-state index is 5.81. The molecule has 53 heavy (non-hydrogen) atoms. The summed E-state index contributed by atoms with van der Waals surface area (Å²) in [6, 6.07) is 61.9. The molecule has 13 rings (SSSR count). The van der Waals surface area contributed by atoms with E-state index in [0.29, 0.717) is 0 Å². The van der Waals surface area contributed by atoms with Crippen LogP contribution in [0.4, 0.5) is 17.1 Å². The van der Waals surface area contributed by atoms with Crippen LogP contribution in [0, 0.1) is 0 Å². The molecule has 0 saturated heterocycles. The van der Waals surface area contributed by atoms with Crippen molar-refractivity contribution in [3.8, 4) is 0 Å². The third-order valence-electron chi connectivity index (χ3n) is 11.7. The Hall–Kier alpha value is -7.17. The number of rotatable bonds is 3. The predicted molar refractivity (Wildman–Crippen MR) is 223 cm³/mol. The zero-order chi connectivity index (χ0) is 34.4. The highest BCUT2D eigenvalue weighted by Crippen LogP contribution is 2.48. The first-order valence-electron chi connectivity index (χ1n) is 18.2. The molecule has 244 valence electrons. The van der Waals surface area contributed by atoms with Crippen molar-refractivity contribution >= 4 is 115 Å². The second kappa shape index (κ2) is 9.78. The van der Waals surface area contributed by atoms with Crippen LogP contribution in [0.1, 0.15) is 0 Å². The van der Waals surface area contributed by atoms with Crippen molar-refractivity contribution in [2.24, 2.45) is 0 Å². The van der Waals surface area contributed by atoms with Crippen LogP contribution in [0.2, 0.25) is 0 Å². The monoisotopic (exact) mass is 672 g/mol. The van der Waals surface area contributed by atoms with E-state index in [4.69, 9.17) is 4.98 Å². The molecule has 0 aliphatic carbocycles. The summed E-state index contributed by atoms with van der Waals surface area (Å²) in [5.41, 5.74) is 11.4. The summed E-state index contributed by atoms with van der Waals surface area (Å²) in [6.45, 7) is 0. The average molecular weight is 673 g/mol. The van der Waals surface area contributed by atoms with Gasteiger partial charge in [0.15, 0.2) is 0 Å². The fourth-order valence-electron chi connectivity index (χ4n) is 9.58. The van der Waals surface area contributed by atoms with E-state index < -0.39 is 0 Å². The molecular formula is C49H28N4. The molecule has 0 spiro atoms. The fraction of sp³-hybridized carbons (Fsp3) is 0. The maximum Gasteiger partial charge on any atom is 0.146 e. The molecule has 0 fully saturated rings. The maximum absolute atomic E-state index is 5.81. The summed E-state index contributed by atoms with van der Waals surface area (Å²) in [4.78, 5) is 8.20. The summed E-state index contributed by atoms with van der Waals surface area (Å²) in [7, 11) is 0. The molecule has 0 aliphatic rings. The third kappa shape index (κ3) is 3.39. The van der Waals surface area contributed by atoms with Gasteiger partial charge in [0.05, 0.1) is 38.8 Å². The molecule has 8 aromatic carbocycles. The van der Waals surface area contributed by atoms with Gasteiger partial charge in [0.1, 0.15) is 5.65 Å². The minimum Gasteiger partial charge on any atom is -0.308 e. The molecule has 0 amide bonds. The quantitative estimate of drug-likeness (QED) is 0.187. The molecule has 4 nitrogen and oxygen atoms in total. The molecule has 0 bridgehead atoms. The summed E-state index contributed by atoms with van der Waals surface area (Å²) < 4.78 is 4.97. The lowest BCUT2D eigenvalue weighted by atomic mass is 10.0. The van der Waals surface area contributed by atoms with Gasteiger partial charge in [-0.25, -0.2) is 4.98 Å². The number of pyridine rings is 1. The smallest absolute Gasteiger partial charge is 0.146 e. The van der Waals surface area contributed by atoms with E-state index in [1.54, 1.807) is 0 Å². The van der Waals surface area contributed by atoms with Crippen molar-refractivity contribution in [1.29, 1.82) is 0 Å². The normalized spacial score (nSPS) is 12.5. The second-order valence-electron chi connectivity index (χ2n) is 14.3. The Morgan fingerprint density at radius 2 is 0.962 bits per heavy atom. The zero-order valence-corrected chi connectivity index (χ0v) is 28.5. The topological polar surface area (TPSA) is 25.0 Å². The molecule has 0 saturated carbocycles. The molecule has 0 atom stereocenters. The van der Waals surface area contributed by atoms with E-state index in [0.717, 1.165) is 39.3 Å². The standard InChI is InChI=1S/C49H28N4/c1-3-15-31(16-4-1)51(32-17-5-2-6-18-32)41-24-12-23-36-35-21-11-22-37-40-28-42-44(50-49(40)53(46(35)37)47(36)41)43-33-19-9-8-14-30(33)27-39-38-26-25-29-13-7-10-20-34(29)45(38)52(42)48(39)43/h1-28H. The van der Waals surface area contributed by atoms with Crippen LogP contribution in [-0.4, -0.2) is 13.8 Å². The van der Waals surface area contributed by atoms with Gasteiger partial charge in [-0.3, -0.25) is 4.40 Å². The van der Waals surface area contributed by atoms with Crippen molar-refractivity contribution in [1.82, 2.24) is 13.8 Å². The average Bonchev–Trinajstić information content (AvgIpc) is 3.94. The molecule has 0 aliphatic heterocycles. The van der Waals surface area contributed by atoms with Crippen LogP contribution in [0.3, 0.4) is 0 Å². The molecule has 0 radical (unpaired) electrons. The lowest BCUT2D eigenvalue weighted by Crippen LogP contribution is -2.10. The lowest BCUT2D eigenvalue weighted by molar-refractivity contribution is 1.25. The largest absolute Gasteiger partial charge is 0.308 e. The van der Waals surface area contributed by atoms with Crippen LogP contribution in [0.5, 0.6) is 0 Å². The summed E-state index contributed by atoms with van der Waals surface area (Å²) in [6.07, 6.45) is 0. The number of fused-ring (bicyclic) bond motifs is 16. The summed E-state index contributed by atoms with van der Waals surface area (Å²) in [5, 5.41) is 13.6. The van der Waals surface area contributed by atoms with Gasteiger partial charge in [0.2, 0.25) is 0 Å². The van der Waals surface area contributed by atoms with Crippen molar-refractivity contribution in [2.45, 2.75) is 0 Å². The minimum absolute atomic E-state index is 0.986. The van der Waals surface area contributed by atoms with Gasteiger partial charge < -0.3 is 9.30 Å². The van der Waals surface area contributed by atoms with Crippen LogP contribution in [0.25, 0.3) is 98.0 Å². The van der Waals surface area contributed by atoms with Gasteiger partial charge in [0, 0.05) is 54.5 Å². The van der Waals surface area contributed by atoms with E-state index in [1.807, 2.05) is 0 Å². The lowest BCUT2D eigenvalue weighted by Gasteiger charge is -2.26. The molecule has 5 heterocycles. The highest BCUT2D eigenvalue weighted by atomic mass is 15.2. The van der Waals surface area contributed by atoms with Crippen molar-refractivity contribution in [2.75, 3.05) is 4.90 Å². The number of hydrogen-bond acceptors (Lipinski definition) is 2. The first-order chi connectivity index (χ1) is 26.3. The molecule has 5 aromatic heterocycles. The predicted octanol–water partition coefficient (Wildman–Crippen LogP) is 13.2. The summed E-state index contributed by atoms with van der Waals surface area (Å²) in [5.74, 6) is 0. The van der Waals surface area contributed by atoms with Crippen LogP contribution >= 0.6 is 0 Å². The van der Waals surface area contributed by atoms with Gasteiger partial charge in [-0.2, -0.15) is 0 Å². The Kier molecular flexibility index (Phi) is 5.08. The Bertz CT molecular complexity index is 3580. The first-order valence-corrected chi connectivity index (χ1v) is 18.2. The summed E-state index contributed by atoms with van der Waals surface area (Å²) >= 11 is 0. The van der Waals surface area contributed by atoms with Crippen molar-refractivity contribution < 1.29 is 0 Å². The van der Waals surface area contributed by atoms with Gasteiger partial charge >= 0.3 is 0 Å². The number of anilines is 3.